The molecule has 0 atom stereocenters. The maximum Gasteiger partial charge on any atom is 0.240 e. The van der Waals surface area contributed by atoms with E-state index in [1.165, 1.54) is 36.7 Å². The number of halogens is 2. The summed E-state index contributed by atoms with van der Waals surface area (Å²) in [6.45, 7) is 0. The topological polar surface area (TPSA) is 82.9 Å². The minimum atomic E-state index is -0.322. The molecule has 8 heteroatoms. The van der Waals surface area contributed by atoms with Crippen molar-refractivity contribution in [3.05, 3.63) is 71.3 Å². The number of carbonyl (C=O) groups excluding carboxylic acids is 2. The van der Waals surface area contributed by atoms with Gasteiger partial charge in [0.2, 0.25) is 11.8 Å². The van der Waals surface area contributed by atoms with Crippen molar-refractivity contribution in [1.29, 1.82) is 0 Å². The average Bonchev–Trinajstić information content (AvgIpc) is 2.76. The first-order valence-electron chi connectivity index (χ1n) is 10.2. The number of unbranched alkanes of at least 4 members (excludes halogenated alkanes) is 4. The number of rotatable bonds is 12. The minimum absolute atomic E-state index is 0.170. The molecule has 2 N–H and O–H groups in total. The average molecular weight is 428 g/mol. The second-order valence-corrected chi connectivity index (χ2v) is 6.96. The summed E-state index contributed by atoms with van der Waals surface area (Å²) in [6.07, 6.45) is 7.87. The van der Waals surface area contributed by atoms with E-state index in [4.69, 9.17) is 0 Å². The molecule has 0 saturated heterocycles. The van der Waals surface area contributed by atoms with Gasteiger partial charge in [0.25, 0.3) is 0 Å². The van der Waals surface area contributed by atoms with E-state index in [0.717, 1.165) is 32.1 Å². The molecule has 2 rings (SSSR count). The number of carbonyl (C=O) groups is 2. The highest BCUT2D eigenvalue weighted by Gasteiger charge is 2.02. The van der Waals surface area contributed by atoms with Crippen LogP contribution in [0.5, 0.6) is 0 Å². The normalized spacial score (nSPS) is 11.2. The van der Waals surface area contributed by atoms with E-state index in [1.807, 2.05) is 0 Å². The third-order valence-electron chi connectivity index (χ3n) is 4.35. The van der Waals surface area contributed by atoms with Gasteiger partial charge < -0.3 is 0 Å². The fourth-order valence-corrected chi connectivity index (χ4v) is 2.67. The van der Waals surface area contributed by atoms with Gasteiger partial charge in [-0.3, -0.25) is 9.59 Å². The Labute approximate surface area is 180 Å². The Balaban J connectivity index is 1.46. The number of nitrogens with zero attached hydrogens (tertiary/aromatic N) is 2. The lowest BCUT2D eigenvalue weighted by Gasteiger charge is -2.02. The summed E-state index contributed by atoms with van der Waals surface area (Å²) in [4.78, 5) is 23.4. The molecular formula is C23H26F2N4O2. The van der Waals surface area contributed by atoms with Crippen LogP contribution in [-0.4, -0.2) is 24.2 Å². The molecular weight excluding hydrogens is 402 g/mol. The number of hydrogen-bond acceptors (Lipinski definition) is 4. The van der Waals surface area contributed by atoms with E-state index in [2.05, 4.69) is 21.1 Å². The van der Waals surface area contributed by atoms with Crippen molar-refractivity contribution >= 4 is 24.2 Å². The zero-order chi connectivity index (χ0) is 22.3. The van der Waals surface area contributed by atoms with Crippen molar-refractivity contribution in [2.45, 2.75) is 44.9 Å². The van der Waals surface area contributed by atoms with Crippen LogP contribution in [0.25, 0.3) is 0 Å². The molecule has 0 radical (unpaired) electrons. The lowest BCUT2D eigenvalue weighted by atomic mass is 10.1. The predicted octanol–water partition coefficient (Wildman–Crippen LogP) is 4.30. The summed E-state index contributed by atoms with van der Waals surface area (Å²) in [5.74, 6) is -0.983. The highest BCUT2D eigenvalue weighted by molar-refractivity contribution is 5.83. The van der Waals surface area contributed by atoms with Crippen LogP contribution in [0.2, 0.25) is 0 Å². The van der Waals surface area contributed by atoms with Crippen LogP contribution in [0.1, 0.15) is 56.1 Å². The third kappa shape index (κ3) is 10.8. The van der Waals surface area contributed by atoms with Gasteiger partial charge in [-0.15, -0.1) is 0 Å². The largest absolute Gasteiger partial charge is 0.273 e. The molecule has 164 valence electrons. The SMILES string of the molecule is O=C(CCCCCCCC(=O)N/N=C\c1ccc(F)cc1)N/N=C\c1ccc(F)cc1. The van der Waals surface area contributed by atoms with Gasteiger partial charge in [0, 0.05) is 12.8 Å². The van der Waals surface area contributed by atoms with E-state index < -0.39 is 0 Å². The Bertz CT molecular complexity index is 808. The second-order valence-electron chi connectivity index (χ2n) is 6.96. The predicted molar refractivity (Wildman–Crippen MR) is 117 cm³/mol. The van der Waals surface area contributed by atoms with E-state index in [0.29, 0.717) is 24.0 Å². The molecule has 0 aliphatic carbocycles. The van der Waals surface area contributed by atoms with Crippen LogP contribution < -0.4 is 10.9 Å². The van der Waals surface area contributed by atoms with Crippen molar-refractivity contribution in [2.75, 3.05) is 0 Å². The number of nitrogens with one attached hydrogen (secondary N) is 2. The quantitative estimate of drug-likeness (QED) is 0.300. The van der Waals surface area contributed by atoms with Crippen LogP contribution in [0.15, 0.2) is 58.7 Å². The molecule has 0 aromatic heterocycles. The van der Waals surface area contributed by atoms with Crippen molar-refractivity contribution in [1.82, 2.24) is 10.9 Å². The molecule has 0 unspecified atom stereocenters. The van der Waals surface area contributed by atoms with Gasteiger partial charge in [-0.25, -0.2) is 19.6 Å². The molecule has 0 saturated carbocycles. The summed E-state index contributed by atoms with van der Waals surface area (Å²) >= 11 is 0. The van der Waals surface area contributed by atoms with Gasteiger partial charge in [0.1, 0.15) is 11.6 Å². The fourth-order valence-electron chi connectivity index (χ4n) is 2.67. The number of hydrogen-bond donors (Lipinski definition) is 2. The van der Waals surface area contributed by atoms with Gasteiger partial charge in [-0.05, 0) is 48.2 Å². The fraction of sp³-hybridized carbons (Fsp3) is 0.304. The molecule has 6 nitrogen and oxygen atoms in total. The minimum Gasteiger partial charge on any atom is -0.273 e. The molecule has 0 aliphatic rings. The van der Waals surface area contributed by atoms with Crippen LogP contribution in [0.4, 0.5) is 8.78 Å². The summed E-state index contributed by atoms with van der Waals surface area (Å²) in [5.41, 5.74) is 6.30. The molecule has 0 fully saturated rings. The second kappa shape index (κ2) is 13.7. The van der Waals surface area contributed by atoms with Gasteiger partial charge in [-0.1, -0.05) is 43.5 Å². The van der Waals surface area contributed by atoms with Crippen molar-refractivity contribution in [3.8, 4) is 0 Å². The molecule has 0 bridgehead atoms. The summed E-state index contributed by atoms with van der Waals surface area (Å²) in [5, 5.41) is 7.69. The molecule has 0 aliphatic heterocycles. The Morgan fingerprint density at radius 2 is 1.00 bits per heavy atom. The van der Waals surface area contributed by atoms with Crippen LogP contribution >= 0.6 is 0 Å². The first-order chi connectivity index (χ1) is 15.0. The van der Waals surface area contributed by atoms with Gasteiger partial charge in [-0.2, -0.15) is 10.2 Å². The Hall–Kier alpha value is -3.42. The summed E-state index contributed by atoms with van der Waals surface area (Å²) < 4.78 is 25.6. The lowest BCUT2D eigenvalue weighted by molar-refractivity contribution is -0.121. The zero-order valence-electron chi connectivity index (χ0n) is 17.2. The first-order valence-corrected chi connectivity index (χ1v) is 10.2. The van der Waals surface area contributed by atoms with E-state index in [-0.39, 0.29) is 23.4 Å². The smallest absolute Gasteiger partial charge is 0.240 e. The Morgan fingerprint density at radius 1 is 0.645 bits per heavy atom. The Morgan fingerprint density at radius 3 is 1.39 bits per heavy atom. The molecule has 0 spiro atoms. The highest BCUT2D eigenvalue weighted by atomic mass is 19.1. The maximum atomic E-state index is 12.8. The number of benzene rings is 2. The number of hydrazone groups is 2. The third-order valence-corrected chi connectivity index (χ3v) is 4.35. The maximum absolute atomic E-state index is 12.8. The van der Waals surface area contributed by atoms with Crippen LogP contribution in [-0.2, 0) is 9.59 Å². The van der Waals surface area contributed by atoms with Crippen molar-refractivity contribution in [3.63, 3.8) is 0 Å². The van der Waals surface area contributed by atoms with Crippen LogP contribution in [0.3, 0.4) is 0 Å². The van der Waals surface area contributed by atoms with Gasteiger partial charge >= 0.3 is 0 Å². The molecule has 2 aromatic rings. The molecule has 31 heavy (non-hydrogen) atoms. The summed E-state index contributed by atoms with van der Waals surface area (Å²) in [7, 11) is 0. The van der Waals surface area contributed by atoms with Crippen molar-refractivity contribution < 1.29 is 18.4 Å². The standard InChI is InChI=1S/C23H26F2N4O2/c24-20-12-8-18(9-13-20)16-26-28-22(30)6-4-2-1-3-5-7-23(31)29-27-17-19-10-14-21(25)15-11-19/h8-17H,1-7H2,(H,28,30)(H,29,31)/b26-16-,27-17-. The van der Waals surface area contributed by atoms with Crippen molar-refractivity contribution in [2.24, 2.45) is 10.2 Å². The van der Waals surface area contributed by atoms with Gasteiger partial charge in [0.15, 0.2) is 0 Å². The number of amides is 2. The monoisotopic (exact) mass is 428 g/mol. The van der Waals surface area contributed by atoms with Gasteiger partial charge in [0.05, 0.1) is 12.4 Å². The molecule has 0 heterocycles. The van der Waals surface area contributed by atoms with E-state index in [9.17, 15) is 18.4 Å². The molecule has 2 amide bonds. The van der Waals surface area contributed by atoms with Crippen LogP contribution in [0, 0.1) is 11.6 Å². The van der Waals surface area contributed by atoms with E-state index >= 15 is 0 Å². The Kier molecular flexibility index (Phi) is 10.6. The highest BCUT2D eigenvalue weighted by Crippen LogP contribution is 2.07. The zero-order valence-corrected chi connectivity index (χ0v) is 17.2. The lowest BCUT2D eigenvalue weighted by Crippen LogP contribution is -2.17. The first kappa shape index (κ1) is 23.9. The molecule has 2 aromatic carbocycles. The summed E-state index contributed by atoms with van der Waals surface area (Å²) in [6, 6.07) is 11.6. The van der Waals surface area contributed by atoms with E-state index in [1.54, 1.807) is 24.3 Å².